The fourth-order valence-electron chi connectivity index (χ4n) is 3.60. The van der Waals surface area contributed by atoms with Crippen molar-refractivity contribution >= 4 is 17.3 Å². The van der Waals surface area contributed by atoms with Crippen LogP contribution in [-0.2, 0) is 11.3 Å². The number of benzene rings is 2. The predicted octanol–water partition coefficient (Wildman–Crippen LogP) is 2.77. The number of nitrogens with zero attached hydrogens (tertiary/aromatic N) is 3. The Morgan fingerprint density at radius 1 is 1.17 bits per heavy atom. The third-order valence-corrected chi connectivity index (χ3v) is 5.31. The summed E-state index contributed by atoms with van der Waals surface area (Å²) in [5.74, 6) is 0.585. The van der Waals surface area contributed by atoms with Gasteiger partial charge in [-0.1, -0.05) is 30.3 Å². The molecule has 2 heterocycles. The van der Waals surface area contributed by atoms with Crippen molar-refractivity contribution in [3.63, 3.8) is 0 Å². The minimum absolute atomic E-state index is 0.0203. The Bertz CT molecular complexity index is 1060. The highest BCUT2D eigenvalue weighted by molar-refractivity contribution is 5.93. The van der Waals surface area contributed by atoms with Crippen LogP contribution in [-0.4, -0.2) is 35.9 Å². The van der Waals surface area contributed by atoms with Crippen LogP contribution in [0, 0.1) is 5.92 Å². The lowest BCUT2D eigenvalue weighted by atomic mass is 10.1. The number of carbonyl (C=O) groups is 1. The Balaban J connectivity index is 1.38. The number of carbonyl (C=O) groups excluding carboxylic acids is 1. The van der Waals surface area contributed by atoms with Gasteiger partial charge in [-0.2, -0.15) is 5.10 Å². The van der Waals surface area contributed by atoms with Crippen molar-refractivity contribution in [2.75, 3.05) is 30.4 Å². The van der Waals surface area contributed by atoms with Crippen LogP contribution < -0.4 is 20.5 Å². The summed E-state index contributed by atoms with van der Waals surface area (Å²) in [7, 11) is 1.61. The highest BCUT2D eigenvalue weighted by Gasteiger charge is 2.29. The maximum Gasteiger partial charge on any atom is 0.269 e. The van der Waals surface area contributed by atoms with Crippen molar-refractivity contribution in [1.29, 1.82) is 0 Å². The number of methoxy groups -OCH3 is 1. The normalized spacial score (nSPS) is 15.8. The van der Waals surface area contributed by atoms with E-state index >= 15 is 0 Å². The van der Waals surface area contributed by atoms with Gasteiger partial charge in [0, 0.05) is 24.8 Å². The molecule has 1 aliphatic heterocycles. The molecule has 0 aliphatic carbocycles. The van der Waals surface area contributed by atoms with Gasteiger partial charge < -0.3 is 15.0 Å². The molecule has 1 saturated heterocycles. The summed E-state index contributed by atoms with van der Waals surface area (Å²) in [6, 6.07) is 18.6. The van der Waals surface area contributed by atoms with E-state index in [1.54, 1.807) is 19.4 Å². The molecule has 0 radical (unpaired) electrons. The van der Waals surface area contributed by atoms with Crippen molar-refractivity contribution in [3.8, 4) is 5.75 Å². The van der Waals surface area contributed by atoms with Gasteiger partial charge in [-0.05, 0) is 36.2 Å². The lowest BCUT2D eigenvalue weighted by Crippen LogP contribution is -2.29. The minimum atomic E-state index is -0.150. The van der Waals surface area contributed by atoms with Crippen LogP contribution in [0.3, 0.4) is 0 Å². The first kappa shape index (κ1) is 19.7. The molecule has 1 aliphatic rings. The summed E-state index contributed by atoms with van der Waals surface area (Å²) >= 11 is 0. The molecule has 1 N–H and O–H groups in total. The van der Waals surface area contributed by atoms with Crippen molar-refractivity contribution in [3.05, 3.63) is 82.8 Å². The lowest BCUT2D eigenvalue weighted by Gasteiger charge is -2.18. The van der Waals surface area contributed by atoms with Crippen LogP contribution >= 0.6 is 0 Å². The van der Waals surface area contributed by atoms with E-state index < -0.39 is 0 Å². The Morgan fingerprint density at radius 2 is 1.93 bits per heavy atom. The summed E-state index contributed by atoms with van der Waals surface area (Å²) in [6.07, 6.45) is 2.43. The standard InChI is InChI=1S/C23H24N4O3/c1-30-21-9-7-19(8-10-21)25-23(29)18-11-12-26(16-18)20-13-22(28)27(24-14-20)15-17-5-3-2-4-6-17/h2-10,13-14,18H,11-12,15-16H2,1H3,(H,25,29). The molecule has 1 atom stereocenters. The largest absolute Gasteiger partial charge is 0.497 e. The van der Waals surface area contributed by atoms with Gasteiger partial charge in [0.1, 0.15) is 5.75 Å². The number of rotatable bonds is 6. The number of hydrogen-bond donors (Lipinski definition) is 1. The van der Waals surface area contributed by atoms with E-state index in [-0.39, 0.29) is 17.4 Å². The quantitative estimate of drug-likeness (QED) is 0.684. The zero-order valence-electron chi connectivity index (χ0n) is 16.8. The maximum absolute atomic E-state index is 12.6. The average molecular weight is 404 g/mol. The predicted molar refractivity (Wildman–Crippen MR) is 116 cm³/mol. The second-order valence-corrected chi connectivity index (χ2v) is 7.34. The molecule has 154 valence electrons. The molecule has 1 aromatic heterocycles. The molecule has 7 nitrogen and oxygen atoms in total. The minimum Gasteiger partial charge on any atom is -0.497 e. The summed E-state index contributed by atoms with van der Waals surface area (Å²) in [4.78, 5) is 27.2. The summed E-state index contributed by atoms with van der Waals surface area (Å²) in [5.41, 5.74) is 2.37. The highest BCUT2D eigenvalue weighted by atomic mass is 16.5. The molecule has 0 saturated carbocycles. The zero-order chi connectivity index (χ0) is 20.9. The molecule has 1 amide bonds. The van der Waals surface area contributed by atoms with Crippen molar-refractivity contribution in [1.82, 2.24) is 9.78 Å². The van der Waals surface area contributed by atoms with Gasteiger partial charge in [0.2, 0.25) is 5.91 Å². The van der Waals surface area contributed by atoms with Crippen LogP contribution in [0.1, 0.15) is 12.0 Å². The van der Waals surface area contributed by atoms with Gasteiger partial charge in [0.05, 0.1) is 31.5 Å². The van der Waals surface area contributed by atoms with Gasteiger partial charge >= 0.3 is 0 Å². The Kier molecular flexibility index (Phi) is 5.79. The zero-order valence-corrected chi connectivity index (χ0v) is 16.8. The molecular formula is C23H24N4O3. The first-order valence-corrected chi connectivity index (χ1v) is 9.93. The third-order valence-electron chi connectivity index (χ3n) is 5.31. The SMILES string of the molecule is COc1ccc(NC(=O)C2CCN(c3cnn(Cc4ccccc4)c(=O)c3)C2)cc1. The molecule has 7 heteroatoms. The van der Waals surface area contributed by atoms with E-state index in [9.17, 15) is 9.59 Å². The van der Waals surface area contributed by atoms with E-state index in [2.05, 4.69) is 10.4 Å². The van der Waals surface area contributed by atoms with Gasteiger partial charge in [-0.3, -0.25) is 9.59 Å². The first-order chi connectivity index (χ1) is 14.6. The number of ether oxygens (including phenoxy) is 1. The van der Waals surface area contributed by atoms with Crippen LogP contribution in [0.5, 0.6) is 5.75 Å². The van der Waals surface area contributed by atoms with Gasteiger partial charge in [0.25, 0.3) is 5.56 Å². The van der Waals surface area contributed by atoms with Crippen molar-refractivity contribution < 1.29 is 9.53 Å². The maximum atomic E-state index is 12.6. The molecule has 3 aromatic rings. The Hall–Kier alpha value is -3.61. The highest BCUT2D eigenvalue weighted by Crippen LogP contribution is 2.24. The van der Waals surface area contributed by atoms with Gasteiger partial charge in [-0.25, -0.2) is 4.68 Å². The van der Waals surface area contributed by atoms with Crippen molar-refractivity contribution in [2.45, 2.75) is 13.0 Å². The van der Waals surface area contributed by atoms with Crippen LogP contribution in [0.25, 0.3) is 0 Å². The fraction of sp³-hybridized carbons (Fsp3) is 0.261. The number of nitrogens with one attached hydrogen (secondary N) is 1. The van der Waals surface area contributed by atoms with Crippen molar-refractivity contribution in [2.24, 2.45) is 5.92 Å². The van der Waals surface area contributed by atoms with E-state index in [0.717, 1.165) is 29.1 Å². The van der Waals surface area contributed by atoms with Gasteiger partial charge in [-0.15, -0.1) is 0 Å². The fourth-order valence-corrected chi connectivity index (χ4v) is 3.60. The topological polar surface area (TPSA) is 76.5 Å². The summed E-state index contributed by atoms with van der Waals surface area (Å²) in [6.45, 7) is 1.71. The molecule has 30 heavy (non-hydrogen) atoms. The third kappa shape index (κ3) is 4.51. The van der Waals surface area contributed by atoms with E-state index in [4.69, 9.17) is 4.74 Å². The number of aromatic nitrogens is 2. The second kappa shape index (κ2) is 8.82. The monoisotopic (exact) mass is 404 g/mol. The summed E-state index contributed by atoms with van der Waals surface area (Å²) < 4.78 is 6.58. The number of hydrogen-bond acceptors (Lipinski definition) is 5. The molecule has 4 rings (SSSR count). The molecule has 0 bridgehead atoms. The Morgan fingerprint density at radius 3 is 2.63 bits per heavy atom. The molecular weight excluding hydrogens is 380 g/mol. The summed E-state index contributed by atoms with van der Waals surface area (Å²) in [5, 5.41) is 7.27. The van der Waals surface area contributed by atoms with E-state index in [1.165, 1.54) is 4.68 Å². The van der Waals surface area contributed by atoms with E-state index in [1.807, 2.05) is 59.5 Å². The second-order valence-electron chi connectivity index (χ2n) is 7.34. The number of amides is 1. The average Bonchev–Trinajstić information content (AvgIpc) is 3.27. The Labute approximate surface area is 174 Å². The van der Waals surface area contributed by atoms with E-state index in [0.29, 0.717) is 19.6 Å². The van der Waals surface area contributed by atoms with Gasteiger partial charge in [0.15, 0.2) is 0 Å². The lowest BCUT2D eigenvalue weighted by molar-refractivity contribution is -0.119. The molecule has 1 fully saturated rings. The molecule has 1 unspecified atom stereocenters. The van der Waals surface area contributed by atoms with Crippen LogP contribution in [0.15, 0.2) is 71.7 Å². The number of anilines is 2. The smallest absolute Gasteiger partial charge is 0.269 e. The molecule has 2 aromatic carbocycles. The van der Waals surface area contributed by atoms with Crippen LogP contribution in [0.2, 0.25) is 0 Å². The molecule has 0 spiro atoms. The first-order valence-electron chi connectivity index (χ1n) is 9.93. The van der Waals surface area contributed by atoms with Crippen LogP contribution in [0.4, 0.5) is 11.4 Å².